The van der Waals surface area contributed by atoms with Gasteiger partial charge >= 0.3 is 0 Å². The molecular formula is C18H22ClNO. The van der Waals surface area contributed by atoms with Crippen LogP contribution in [-0.2, 0) is 0 Å². The van der Waals surface area contributed by atoms with Gasteiger partial charge in [0.25, 0.3) is 0 Å². The lowest BCUT2D eigenvalue weighted by Gasteiger charge is -2.28. The minimum absolute atomic E-state index is 0.307. The van der Waals surface area contributed by atoms with E-state index >= 15 is 0 Å². The summed E-state index contributed by atoms with van der Waals surface area (Å²) in [4.78, 5) is 4.34. The van der Waals surface area contributed by atoms with Gasteiger partial charge in [0, 0.05) is 17.3 Å². The van der Waals surface area contributed by atoms with E-state index in [4.69, 9.17) is 16.3 Å². The second-order valence-electron chi connectivity index (χ2n) is 6.09. The van der Waals surface area contributed by atoms with Crippen molar-refractivity contribution in [2.24, 2.45) is 5.92 Å². The summed E-state index contributed by atoms with van der Waals surface area (Å²) in [5.74, 6) is 1.68. The molecule has 0 N–H and O–H groups in total. The molecule has 1 fully saturated rings. The first-order valence-corrected chi connectivity index (χ1v) is 8.26. The first-order valence-electron chi connectivity index (χ1n) is 7.89. The van der Waals surface area contributed by atoms with Gasteiger partial charge in [-0.15, -0.1) is 0 Å². The number of fused-ring (bicyclic) bond motifs is 1. The Bertz CT molecular complexity index is 632. The van der Waals surface area contributed by atoms with Crippen LogP contribution in [0.4, 0.5) is 0 Å². The minimum atomic E-state index is 0.307. The molecule has 1 aliphatic carbocycles. The normalized spacial score (nSPS) is 22.4. The van der Waals surface area contributed by atoms with Gasteiger partial charge in [0.1, 0.15) is 5.75 Å². The van der Waals surface area contributed by atoms with Crippen LogP contribution < -0.4 is 4.74 Å². The molecule has 3 heteroatoms. The summed E-state index contributed by atoms with van der Waals surface area (Å²) in [5.41, 5.74) is 1.00. The van der Waals surface area contributed by atoms with E-state index in [0.717, 1.165) is 41.0 Å². The van der Waals surface area contributed by atoms with E-state index in [1.165, 1.54) is 19.3 Å². The molecule has 1 aliphatic rings. The van der Waals surface area contributed by atoms with E-state index in [1.54, 1.807) is 0 Å². The molecular weight excluding hydrogens is 282 g/mol. The molecule has 1 aromatic heterocycles. The average Bonchev–Trinajstić information content (AvgIpc) is 2.51. The van der Waals surface area contributed by atoms with Crippen LogP contribution in [0, 0.1) is 12.8 Å². The summed E-state index contributed by atoms with van der Waals surface area (Å²) in [6.07, 6.45) is 8.25. The van der Waals surface area contributed by atoms with Crippen LogP contribution in [0.15, 0.2) is 24.4 Å². The molecule has 0 unspecified atom stereocenters. The molecule has 1 aromatic carbocycles. The first-order chi connectivity index (χ1) is 10.2. The second kappa shape index (κ2) is 6.23. The number of ether oxygens (including phenoxy) is 1. The number of hydrogen-bond acceptors (Lipinski definition) is 2. The topological polar surface area (TPSA) is 22.1 Å². The molecule has 0 saturated heterocycles. The van der Waals surface area contributed by atoms with Gasteiger partial charge in [0.15, 0.2) is 0 Å². The van der Waals surface area contributed by atoms with Crippen LogP contribution in [0.2, 0.25) is 5.02 Å². The Labute approximate surface area is 131 Å². The second-order valence-corrected chi connectivity index (χ2v) is 6.47. The number of aryl methyl sites for hydroxylation is 1. The van der Waals surface area contributed by atoms with Crippen molar-refractivity contribution < 1.29 is 4.74 Å². The number of hydrogen-bond donors (Lipinski definition) is 0. The van der Waals surface area contributed by atoms with Gasteiger partial charge in [-0.05, 0) is 56.0 Å². The summed E-state index contributed by atoms with van der Waals surface area (Å²) in [6.45, 7) is 4.27. The van der Waals surface area contributed by atoms with E-state index in [0.29, 0.717) is 11.1 Å². The van der Waals surface area contributed by atoms with Crippen molar-refractivity contribution in [2.45, 2.75) is 52.1 Å². The quantitative estimate of drug-likeness (QED) is 0.742. The lowest BCUT2D eigenvalue weighted by Crippen LogP contribution is -2.24. The maximum absolute atomic E-state index is 6.50. The highest BCUT2D eigenvalue weighted by molar-refractivity contribution is 6.37. The van der Waals surface area contributed by atoms with E-state index in [9.17, 15) is 0 Å². The zero-order valence-corrected chi connectivity index (χ0v) is 13.5. The fraction of sp³-hybridized carbons (Fsp3) is 0.500. The first kappa shape index (κ1) is 14.6. The van der Waals surface area contributed by atoms with Crippen molar-refractivity contribution in [2.75, 3.05) is 0 Å². The SMILES string of the molecule is CCC1CCC(Oc2ccc3cc(C)ncc3c2Cl)CC1. The molecule has 3 rings (SSSR count). The Balaban J connectivity index is 1.78. The summed E-state index contributed by atoms with van der Waals surface area (Å²) in [5, 5.41) is 2.79. The van der Waals surface area contributed by atoms with Gasteiger partial charge in [-0.2, -0.15) is 0 Å². The van der Waals surface area contributed by atoms with Crippen molar-refractivity contribution in [3.8, 4) is 5.75 Å². The molecule has 2 nitrogen and oxygen atoms in total. The zero-order valence-electron chi connectivity index (χ0n) is 12.7. The monoisotopic (exact) mass is 303 g/mol. The van der Waals surface area contributed by atoms with Crippen molar-refractivity contribution in [3.05, 3.63) is 35.1 Å². The molecule has 1 saturated carbocycles. The Morgan fingerprint density at radius 2 is 2.00 bits per heavy atom. The highest BCUT2D eigenvalue weighted by Crippen LogP contribution is 2.36. The molecule has 0 aliphatic heterocycles. The molecule has 0 bridgehead atoms. The summed E-state index contributed by atoms with van der Waals surface area (Å²) in [7, 11) is 0. The third-order valence-corrected chi connectivity index (χ3v) is 4.99. The predicted octanol–water partition coefficient (Wildman–Crippen LogP) is 5.54. The largest absolute Gasteiger partial charge is 0.489 e. The number of halogens is 1. The van der Waals surface area contributed by atoms with E-state index in [2.05, 4.69) is 24.0 Å². The van der Waals surface area contributed by atoms with Gasteiger partial charge in [-0.1, -0.05) is 31.0 Å². The summed E-state index contributed by atoms with van der Waals surface area (Å²) >= 11 is 6.50. The Morgan fingerprint density at radius 1 is 1.24 bits per heavy atom. The van der Waals surface area contributed by atoms with Crippen LogP contribution in [0.25, 0.3) is 10.8 Å². The van der Waals surface area contributed by atoms with Gasteiger partial charge in [-0.25, -0.2) is 0 Å². The summed E-state index contributed by atoms with van der Waals surface area (Å²) < 4.78 is 6.16. The third kappa shape index (κ3) is 3.16. The van der Waals surface area contributed by atoms with Crippen LogP contribution >= 0.6 is 11.6 Å². The van der Waals surface area contributed by atoms with Crippen molar-refractivity contribution in [3.63, 3.8) is 0 Å². The molecule has 112 valence electrons. The number of benzene rings is 1. The van der Waals surface area contributed by atoms with Crippen LogP contribution in [-0.4, -0.2) is 11.1 Å². The lowest BCUT2D eigenvalue weighted by atomic mass is 9.86. The molecule has 2 aromatic rings. The van der Waals surface area contributed by atoms with Crippen LogP contribution in [0.1, 0.15) is 44.7 Å². The standard InChI is InChI=1S/C18H22ClNO/c1-3-13-4-7-15(8-5-13)21-17-9-6-14-10-12(2)20-11-16(14)18(17)19/h6,9-11,13,15H,3-5,7-8H2,1-2H3. The number of nitrogens with zero attached hydrogens (tertiary/aromatic N) is 1. The van der Waals surface area contributed by atoms with E-state index < -0.39 is 0 Å². The molecule has 0 atom stereocenters. The number of aromatic nitrogens is 1. The van der Waals surface area contributed by atoms with Crippen LogP contribution in [0.5, 0.6) is 5.75 Å². The summed E-state index contributed by atoms with van der Waals surface area (Å²) in [6, 6.07) is 6.12. The third-order valence-electron chi connectivity index (χ3n) is 4.60. The zero-order chi connectivity index (χ0) is 14.8. The Kier molecular flexibility index (Phi) is 4.34. The smallest absolute Gasteiger partial charge is 0.139 e. The Morgan fingerprint density at radius 3 is 2.71 bits per heavy atom. The van der Waals surface area contributed by atoms with Crippen molar-refractivity contribution in [1.29, 1.82) is 0 Å². The number of rotatable bonds is 3. The fourth-order valence-electron chi connectivity index (χ4n) is 3.20. The lowest BCUT2D eigenvalue weighted by molar-refractivity contribution is 0.130. The maximum atomic E-state index is 6.50. The van der Waals surface area contributed by atoms with E-state index in [1.807, 2.05) is 19.2 Å². The fourth-order valence-corrected chi connectivity index (χ4v) is 3.47. The van der Waals surface area contributed by atoms with Gasteiger partial charge < -0.3 is 4.74 Å². The van der Waals surface area contributed by atoms with Gasteiger partial charge in [0.2, 0.25) is 0 Å². The predicted molar refractivity (Wildman–Crippen MR) is 88.2 cm³/mol. The van der Waals surface area contributed by atoms with Crippen molar-refractivity contribution >= 4 is 22.4 Å². The molecule has 0 spiro atoms. The van der Waals surface area contributed by atoms with Crippen LogP contribution in [0.3, 0.4) is 0 Å². The van der Waals surface area contributed by atoms with Gasteiger partial charge in [-0.3, -0.25) is 4.98 Å². The van der Waals surface area contributed by atoms with Crippen molar-refractivity contribution in [1.82, 2.24) is 4.98 Å². The minimum Gasteiger partial charge on any atom is -0.489 e. The highest BCUT2D eigenvalue weighted by Gasteiger charge is 2.22. The molecule has 1 heterocycles. The molecule has 0 radical (unpaired) electrons. The highest BCUT2D eigenvalue weighted by atomic mass is 35.5. The average molecular weight is 304 g/mol. The van der Waals surface area contributed by atoms with Gasteiger partial charge in [0.05, 0.1) is 11.1 Å². The molecule has 21 heavy (non-hydrogen) atoms. The van der Waals surface area contributed by atoms with E-state index in [-0.39, 0.29) is 0 Å². The maximum Gasteiger partial charge on any atom is 0.139 e. The number of pyridine rings is 1. The molecule has 0 amide bonds. The Hall–Kier alpha value is -1.28.